The molecule has 0 saturated carbocycles. The zero-order chi connectivity index (χ0) is 25.4. The van der Waals surface area contributed by atoms with E-state index in [2.05, 4.69) is 39.3 Å². The first kappa shape index (κ1) is 32.6. The number of ether oxygens (including phenoxy) is 3. The lowest BCUT2D eigenvalue weighted by atomic mass is 10.4. The molecule has 11 heteroatoms. The van der Waals surface area contributed by atoms with Crippen LogP contribution in [0.3, 0.4) is 0 Å². The second-order valence-corrected chi connectivity index (χ2v) is 22.1. The van der Waals surface area contributed by atoms with Crippen molar-refractivity contribution in [3.05, 3.63) is 12.2 Å². The molecule has 0 aliphatic heterocycles. The number of carbonyl (C=O) groups is 1. The Morgan fingerprint density at radius 1 is 0.758 bits per heavy atom. The first-order chi connectivity index (χ1) is 15.4. The molecule has 0 bridgehead atoms. The summed E-state index contributed by atoms with van der Waals surface area (Å²) in [5.41, 5.74) is 0.406. The van der Waals surface area contributed by atoms with E-state index in [9.17, 15) is 4.79 Å². The minimum absolute atomic E-state index is 0.0256. The summed E-state index contributed by atoms with van der Waals surface area (Å²) in [7, 11) is -6.46. The van der Waals surface area contributed by atoms with Crippen molar-refractivity contribution < 1.29 is 37.4 Å². The molecular formula is C22H48O8Si3. The highest BCUT2D eigenvalue weighted by atomic mass is 28.5. The molecule has 0 aromatic rings. The largest absolute Gasteiger partial charge is 0.462 e. The number of aliphatic hydroxyl groups is 2. The Balaban J connectivity index is 4.90. The third kappa shape index (κ3) is 17.7. The van der Waals surface area contributed by atoms with Gasteiger partial charge in [0.25, 0.3) is 0 Å². The molecule has 0 rings (SSSR count). The van der Waals surface area contributed by atoms with Gasteiger partial charge in [0.15, 0.2) is 16.6 Å². The lowest BCUT2D eigenvalue weighted by molar-refractivity contribution is -0.138. The van der Waals surface area contributed by atoms with Crippen LogP contribution in [0.15, 0.2) is 12.2 Å². The quantitative estimate of drug-likeness (QED) is 0.101. The smallest absolute Gasteiger partial charge is 0.333 e. The summed E-state index contributed by atoms with van der Waals surface area (Å²) in [6.45, 7) is 18.6. The molecule has 0 amide bonds. The van der Waals surface area contributed by atoms with Crippen LogP contribution in [-0.4, -0.2) is 87.6 Å². The van der Waals surface area contributed by atoms with Gasteiger partial charge in [-0.25, -0.2) is 4.79 Å². The maximum atomic E-state index is 11.7. The van der Waals surface area contributed by atoms with Gasteiger partial charge in [0, 0.05) is 18.8 Å². The van der Waals surface area contributed by atoms with E-state index in [-0.39, 0.29) is 19.2 Å². The van der Waals surface area contributed by atoms with Crippen molar-refractivity contribution in [3.8, 4) is 0 Å². The van der Waals surface area contributed by atoms with Crippen LogP contribution >= 0.6 is 0 Å². The van der Waals surface area contributed by atoms with E-state index >= 15 is 0 Å². The zero-order valence-corrected chi connectivity index (χ0v) is 24.7. The Kier molecular flexibility index (Phi) is 16.9. The molecule has 0 spiro atoms. The molecule has 0 aliphatic carbocycles. The summed E-state index contributed by atoms with van der Waals surface area (Å²) < 4.78 is 29.6. The summed E-state index contributed by atoms with van der Waals surface area (Å²) in [5, 5.41) is 17.7. The van der Waals surface area contributed by atoms with Crippen LogP contribution in [0.5, 0.6) is 0 Å². The van der Waals surface area contributed by atoms with Crippen molar-refractivity contribution in [1.29, 1.82) is 0 Å². The van der Waals surface area contributed by atoms with Gasteiger partial charge in [0.1, 0.15) is 0 Å². The van der Waals surface area contributed by atoms with Gasteiger partial charge in [-0.2, -0.15) is 0 Å². The summed E-state index contributed by atoms with van der Waals surface area (Å²) in [4.78, 5) is 11.7. The maximum Gasteiger partial charge on any atom is 0.333 e. The number of aliphatic hydroxyl groups excluding tert-OH is 2. The van der Waals surface area contributed by atoms with Crippen molar-refractivity contribution in [2.75, 3.05) is 46.2 Å². The topological polar surface area (TPSA) is 104 Å². The summed E-state index contributed by atoms with van der Waals surface area (Å²) in [6.07, 6.45) is 2.52. The fourth-order valence-corrected chi connectivity index (χ4v) is 18.6. The van der Waals surface area contributed by atoms with Crippen molar-refractivity contribution in [3.63, 3.8) is 0 Å². The van der Waals surface area contributed by atoms with E-state index < -0.39 is 25.2 Å². The zero-order valence-electron chi connectivity index (χ0n) is 21.7. The van der Waals surface area contributed by atoms with Gasteiger partial charge < -0.3 is 32.7 Å². The lowest BCUT2D eigenvalue weighted by Crippen LogP contribution is -2.53. The van der Waals surface area contributed by atoms with Crippen molar-refractivity contribution in [2.45, 2.75) is 77.1 Å². The van der Waals surface area contributed by atoms with Gasteiger partial charge in [-0.15, -0.1) is 0 Å². The molecular weight excluding hydrogens is 476 g/mol. The van der Waals surface area contributed by atoms with Gasteiger partial charge >= 0.3 is 14.5 Å². The Morgan fingerprint density at radius 2 is 1.24 bits per heavy atom. The van der Waals surface area contributed by atoms with E-state index in [0.717, 1.165) is 37.4 Å². The Morgan fingerprint density at radius 3 is 1.73 bits per heavy atom. The van der Waals surface area contributed by atoms with E-state index in [1.54, 1.807) is 6.92 Å². The molecule has 0 heterocycles. The number of carbonyl (C=O) groups excluding carboxylic acids is 1. The van der Waals surface area contributed by atoms with E-state index in [1.807, 2.05) is 0 Å². The normalized spacial score (nSPS) is 14.2. The summed E-state index contributed by atoms with van der Waals surface area (Å²) in [5.74, 6) is -0.356. The van der Waals surface area contributed by atoms with Crippen LogP contribution in [0.2, 0.25) is 50.9 Å². The van der Waals surface area contributed by atoms with E-state index in [1.165, 1.54) is 0 Å². The predicted octanol–water partition coefficient (Wildman–Crippen LogP) is 3.81. The molecule has 0 aromatic carbocycles. The van der Waals surface area contributed by atoms with Gasteiger partial charge in [0.2, 0.25) is 0 Å². The minimum Gasteiger partial charge on any atom is -0.462 e. The van der Waals surface area contributed by atoms with Crippen molar-refractivity contribution in [1.82, 2.24) is 0 Å². The summed E-state index contributed by atoms with van der Waals surface area (Å²) in [6, 6.07) is 2.76. The Labute approximate surface area is 204 Å². The first-order valence-corrected chi connectivity index (χ1v) is 20.7. The molecule has 33 heavy (non-hydrogen) atoms. The summed E-state index contributed by atoms with van der Waals surface area (Å²) >= 11 is 0. The van der Waals surface area contributed by atoms with Gasteiger partial charge in [-0.05, 0) is 77.1 Å². The third-order valence-electron chi connectivity index (χ3n) is 4.98. The second kappa shape index (κ2) is 17.1. The number of hydrogen-bond donors (Lipinski definition) is 2. The van der Waals surface area contributed by atoms with Crippen LogP contribution in [-0.2, 0) is 27.2 Å². The molecule has 1 atom stereocenters. The average molecular weight is 525 g/mol. The third-order valence-corrected chi connectivity index (χ3v) is 17.5. The first-order valence-electron chi connectivity index (χ1n) is 12.0. The number of hydrogen-bond acceptors (Lipinski definition) is 8. The van der Waals surface area contributed by atoms with Gasteiger partial charge in [-0.1, -0.05) is 6.58 Å². The number of esters is 1. The van der Waals surface area contributed by atoms with E-state index in [0.29, 0.717) is 38.6 Å². The number of rotatable bonds is 21. The fraction of sp³-hybridized carbons (Fsp3) is 0.864. The predicted molar refractivity (Wildman–Crippen MR) is 139 cm³/mol. The minimum atomic E-state index is -2.38. The molecule has 0 saturated heterocycles. The molecule has 0 aromatic heterocycles. The maximum absolute atomic E-state index is 11.7. The molecule has 0 radical (unpaired) electrons. The highest BCUT2D eigenvalue weighted by Gasteiger charge is 2.41. The van der Waals surface area contributed by atoms with Crippen LogP contribution in [0.25, 0.3) is 0 Å². The standard InChI is InChI=1S/C22H48O8Si3/c1-21(2)22(25)28-15-10-20-33(7,19-9-14-27-17-12-24)30-32(5,6)29-31(3,4)18-8-13-26-16-11-23/h23-24H,1,8-20H2,2-7H3. The molecule has 0 fully saturated rings. The highest BCUT2D eigenvalue weighted by Crippen LogP contribution is 2.29. The molecule has 2 N–H and O–H groups in total. The highest BCUT2D eigenvalue weighted by molar-refractivity contribution is 6.88. The fourth-order valence-electron chi connectivity index (χ4n) is 3.77. The molecule has 196 valence electrons. The van der Waals surface area contributed by atoms with Crippen LogP contribution < -0.4 is 0 Å². The Bertz CT molecular complexity index is 560. The molecule has 1 unspecified atom stereocenters. The van der Waals surface area contributed by atoms with Crippen molar-refractivity contribution in [2.24, 2.45) is 0 Å². The average Bonchev–Trinajstić information content (AvgIpc) is 2.69. The second-order valence-electron chi connectivity index (χ2n) is 9.71. The van der Waals surface area contributed by atoms with Crippen molar-refractivity contribution >= 4 is 31.2 Å². The SMILES string of the molecule is C=C(C)C(=O)OCCC[Si](C)(CCCOCCO)O[Si](C)(C)O[Si](C)(C)CCCOCCO. The lowest BCUT2D eigenvalue weighted by Gasteiger charge is -2.40. The van der Waals surface area contributed by atoms with Crippen LogP contribution in [0.1, 0.15) is 26.2 Å². The monoisotopic (exact) mass is 524 g/mol. The van der Waals surface area contributed by atoms with Crippen LogP contribution in [0.4, 0.5) is 0 Å². The molecule has 8 nitrogen and oxygen atoms in total. The molecule has 0 aliphatic rings. The van der Waals surface area contributed by atoms with E-state index in [4.69, 9.17) is 32.7 Å². The van der Waals surface area contributed by atoms with Gasteiger partial charge in [-0.3, -0.25) is 0 Å². The van der Waals surface area contributed by atoms with Gasteiger partial charge in [0.05, 0.1) is 33.0 Å². The van der Waals surface area contributed by atoms with Crippen LogP contribution in [0, 0.1) is 0 Å². The Hall–Kier alpha value is -0.379.